The largest absolute Gasteiger partial charge is 0.467 e. The van der Waals surface area contributed by atoms with E-state index in [9.17, 15) is 22.8 Å². The Morgan fingerprint density at radius 3 is 2.62 bits per heavy atom. The molecule has 2 N–H and O–H groups in total. The summed E-state index contributed by atoms with van der Waals surface area (Å²) in [6.45, 7) is -0.278. The topological polar surface area (TPSA) is 80.3 Å². The summed E-state index contributed by atoms with van der Waals surface area (Å²) >= 11 is 5.94. The van der Waals surface area contributed by atoms with Crippen LogP contribution in [0.25, 0.3) is 0 Å². The number of halogens is 4. The van der Waals surface area contributed by atoms with Crippen LogP contribution in [-0.4, -0.2) is 29.6 Å². The second-order valence-electron chi connectivity index (χ2n) is 5.09. The molecule has 138 valence electrons. The number of ether oxygens (including phenoxy) is 1. The number of pyridine rings is 1. The highest BCUT2D eigenvalue weighted by Crippen LogP contribution is 2.27. The number of anilines is 2. The summed E-state index contributed by atoms with van der Waals surface area (Å²) in [5.41, 5.74) is 0.373. The predicted molar refractivity (Wildman–Crippen MR) is 89.5 cm³/mol. The molecule has 2 aromatic rings. The highest BCUT2D eigenvalue weighted by Gasteiger charge is 2.29. The predicted octanol–water partition coefficient (Wildman–Crippen LogP) is 3.89. The number of nitrogens with one attached hydrogen (secondary N) is 2. The van der Waals surface area contributed by atoms with Crippen molar-refractivity contribution in [1.29, 1.82) is 0 Å². The molecule has 1 heterocycles. The summed E-state index contributed by atoms with van der Waals surface area (Å²) < 4.78 is 41.5. The standard InChI is InChI=1S/C16H13ClF3N3O3/c1-9(24)22-13-7-10(4-5-12(13)17)23-14(25)11-3-2-6-21-15(11)26-8-16(18,19)20/h2-7H,8H2,1H3,(H,22,24)(H,23,25). The first-order valence-electron chi connectivity index (χ1n) is 7.19. The number of hydrogen-bond acceptors (Lipinski definition) is 4. The third-order valence-electron chi connectivity index (χ3n) is 2.92. The van der Waals surface area contributed by atoms with Gasteiger partial charge in [-0.25, -0.2) is 4.98 Å². The molecule has 10 heteroatoms. The zero-order valence-corrected chi connectivity index (χ0v) is 14.1. The number of nitrogens with zero attached hydrogens (tertiary/aromatic N) is 1. The summed E-state index contributed by atoms with van der Waals surface area (Å²) in [4.78, 5) is 27.1. The van der Waals surface area contributed by atoms with Crippen molar-refractivity contribution in [2.24, 2.45) is 0 Å². The van der Waals surface area contributed by atoms with E-state index in [1.54, 1.807) is 0 Å². The van der Waals surface area contributed by atoms with Crippen LogP contribution >= 0.6 is 11.6 Å². The van der Waals surface area contributed by atoms with Crippen LogP contribution in [-0.2, 0) is 4.79 Å². The van der Waals surface area contributed by atoms with Gasteiger partial charge >= 0.3 is 6.18 Å². The van der Waals surface area contributed by atoms with Gasteiger partial charge in [0, 0.05) is 18.8 Å². The highest BCUT2D eigenvalue weighted by molar-refractivity contribution is 6.33. The lowest BCUT2D eigenvalue weighted by molar-refractivity contribution is -0.154. The monoisotopic (exact) mass is 387 g/mol. The van der Waals surface area contributed by atoms with E-state index in [-0.39, 0.29) is 27.9 Å². The molecule has 0 atom stereocenters. The van der Waals surface area contributed by atoms with Gasteiger partial charge in [-0.3, -0.25) is 9.59 Å². The average Bonchev–Trinajstić information content (AvgIpc) is 2.55. The normalized spacial score (nSPS) is 11.0. The van der Waals surface area contributed by atoms with Crippen LogP contribution in [0.15, 0.2) is 36.5 Å². The Balaban J connectivity index is 2.19. The molecule has 0 bridgehead atoms. The Morgan fingerprint density at radius 1 is 1.23 bits per heavy atom. The summed E-state index contributed by atoms with van der Waals surface area (Å²) in [7, 11) is 0. The van der Waals surface area contributed by atoms with Gasteiger partial charge in [-0.2, -0.15) is 13.2 Å². The lowest BCUT2D eigenvalue weighted by Crippen LogP contribution is -2.22. The van der Waals surface area contributed by atoms with Gasteiger partial charge < -0.3 is 15.4 Å². The maximum absolute atomic E-state index is 12.3. The Morgan fingerprint density at radius 2 is 1.96 bits per heavy atom. The first-order chi connectivity index (χ1) is 12.2. The molecule has 0 fully saturated rings. The van der Waals surface area contributed by atoms with E-state index in [4.69, 9.17) is 11.6 Å². The molecule has 2 amide bonds. The molecule has 1 aromatic heterocycles. The fourth-order valence-electron chi connectivity index (χ4n) is 1.92. The van der Waals surface area contributed by atoms with Gasteiger partial charge in [0.2, 0.25) is 11.8 Å². The Bertz CT molecular complexity index is 828. The molecular formula is C16H13ClF3N3O3. The second kappa shape index (κ2) is 8.05. The second-order valence-corrected chi connectivity index (χ2v) is 5.50. The van der Waals surface area contributed by atoms with Crippen molar-refractivity contribution in [3.8, 4) is 5.88 Å². The number of hydrogen-bond donors (Lipinski definition) is 2. The van der Waals surface area contributed by atoms with Crippen LogP contribution < -0.4 is 15.4 Å². The quantitative estimate of drug-likeness (QED) is 0.815. The van der Waals surface area contributed by atoms with Crippen LogP contribution in [0.2, 0.25) is 5.02 Å². The van der Waals surface area contributed by atoms with Crippen molar-refractivity contribution < 1.29 is 27.5 Å². The van der Waals surface area contributed by atoms with E-state index in [2.05, 4.69) is 20.4 Å². The lowest BCUT2D eigenvalue weighted by atomic mass is 10.2. The zero-order chi connectivity index (χ0) is 19.3. The van der Waals surface area contributed by atoms with Gasteiger partial charge in [0.1, 0.15) is 5.56 Å². The minimum Gasteiger partial charge on any atom is -0.467 e. The molecular weight excluding hydrogens is 375 g/mol. The Hall–Kier alpha value is -2.81. The van der Waals surface area contributed by atoms with Gasteiger partial charge in [-0.15, -0.1) is 0 Å². The van der Waals surface area contributed by atoms with E-state index in [1.165, 1.54) is 43.5 Å². The molecule has 0 radical (unpaired) electrons. The van der Waals surface area contributed by atoms with Gasteiger partial charge in [-0.1, -0.05) is 11.6 Å². The molecule has 6 nitrogen and oxygen atoms in total. The molecule has 2 rings (SSSR count). The van der Waals surface area contributed by atoms with E-state index < -0.39 is 24.6 Å². The molecule has 26 heavy (non-hydrogen) atoms. The minimum absolute atomic E-state index is 0.173. The summed E-state index contributed by atoms with van der Waals surface area (Å²) in [6, 6.07) is 7.00. The van der Waals surface area contributed by atoms with Crippen LogP contribution in [0.1, 0.15) is 17.3 Å². The number of carbonyl (C=O) groups excluding carboxylic acids is 2. The number of benzene rings is 1. The van der Waals surface area contributed by atoms with Crippen molar-refractivity contribution in [1.82, 2.24) is 4.98 Å². The van der Waals surface area contributed by atoms with Gasteiger partial charge in [0.15, 0.2) is 6.61 Å². The smallest absolute Gasteiger partial charge is 0.422 e. The molecule has 0 aliphatic heterocycles. The summed E-state index contributed by atoms with van der Waals surface area (Å²) in [5, 5.41) is 5.24. The highest BCUT2D eigenvalue weighted by atomic mass is 35.5. The third-order valence-corrected chi connectivity index (χ3v) is 3.25. The van der Waals surface area contributed by atoms with Gasteiger partial charge in [0.05, 0.1) is 10.7 Å². The minimum atomic E-state index is -4.56. The molecule has 1 aromatic carbocycles. The van der Waals surface area contributed by atoms with Crippen molar-refractivity contribution in [2.45, 2.75) is 13.1 Å². The van der Waals surface area contributed by atoms with Crippen LogP contribution in [0, 0.1) is 0 Å². The first-order valence-corrected chi connectivity index (χ1v) is 7.56. The summed E-state index contributed by atoms with van der Waals surface area (Å²) in [6.07, 6.45) is -3.35. The maximum atomic E-state index is 12.3. The Kier molecular flexibility index (Phi) is 6.04. The number of rotatable bonds is 5. The molecule has 0 unspecified atom stereocenters. The number of carbonyl (C=O) groups is 2. The molecule has 0 aliphatic carbocycles. The molecule has 0 saturated heterocycles. The van der Waals surface area contributed by atoms with E-state index in [0.29, 0.717) is 0 Å². The number of amides is 2. The molecule has 0 aliphatic rings. The lowest BCUT2D eigenvalue weighted by Gasteiger charge is -2.13. The molecule has 0 spiro atoms. The average molecular weight is 388 g/mol. The number of aromatic nitrogens is 1. The van der Waals surface area contributed by atoms with Crippen LogP contribution in [0.4, 0.5) is 24.5 Å². The van der Waals surface area contributed by atoms with Crippen LogP contribution in [0.3, 0.4) is 0 Å². The fourth-order valence-corrected chi connectivity index (χ4v) is 2.08. The Labute approximate surface area is 151 Å². The van der Waals surface area contributed by atoms with Crippen molar-refractivity contribution >= 4 is 34.8 Å². The fraction of sp³-hybridized carbons (Fsp3) is 0.188. The zero-order valence-electron chi connectivity index (χ0n) is 13.4. The summed E-state index contributed by atoms with van der Waals surface area (Å²) in [5.74, 6) is -1.53. The van der Waals surface area contributed by atoms with Crippen LogP contribution in [0.5, 0.6) is 5.88 Å². The van der Waals surface area contributed by atoms with E-state index >= 15 is 0 Å². The maximum Gasteiger partial charge on any atom is 0.422 e. The third kappa shape index (κ3) is 5.62. The van der Waals surface area contributed by atoms with Gasteiger partial charge in [0.25, 0.3) is 5.91 Å². The molecule has 0 saturated carbocycles. The van der Waals surface area contributed by atoms with Crippen molar-refractivity contribution in [2.75, 3.05) is 17.2 Å². The SMILES string of the molecule is CC(=O)Nc1cc(NC(=O)c2cccnc2OCC(F)(F)F)ccc1Cl. The van der Waals surface area contributed by atoms with Crippen molar-refractivity contribution in [3.63, 3.8) is 0 Å². The van der Waals surface area contributed by atoms with Crippen molar-refractivity contribution in [3.05, 3.63) is 47.1 Å². The first kappa shape index (κ1) is 19.5. The van der Waals surface area contributed by atoms with E-state index in [1.807, 2.05) is 0 Å². The number of alkyl halides is 3. The van der Waals surface area contributed by atoms with E-state index in [0.717, 1.165) is 0 Å². The van der Waals surface area contributed by atoms with Gasteiger partial charge in [-0.05, 0) is 30.3 Å².